The zero-order valence-electron chi connectivity index (χ0n) is 16.7. The highest BCUT2D eigenvalue weighted by molar-refractivity contribution is 5.12. The largest absolute Gasteiger partial charge is 0.392 e. The average molecular weight is 416 g/mol. The molecule has 0 aromatic heterocycles. The molecule has 164 valence electrons. The number of alkyl halides is 3. The van der Waals surface area contributed by atoms with Gasteiger partial charge in [0.05, 0.1) is 18.7 Å². The van der Waals surface area contributed by atoms with Gasteiger partial charge in [0.25, 0.3) is 0 Å². The molecule has 0 radical (unpaired) electrons. The minimum atomic E-state index is -4.16. The molecule has 5 atom stereocenters. The van der Waals surface area contributed by atoms with Gasteiger partial charge < -0.3 is 5.21 Å². The Morgan fingerprint density at radius 3 is 2.72 bits per heavy atom. The van der Waals surface area contributed by atoms with Crippen molar-refractivity contribution in [1.82, 2.24) is 15.9 Å². The Balaban J connectivity index is 1.65. The van der Waals surface area contributed by atoms with Crippen LogP contribution in [0.1, 0.15) is 38.5 Å². The zero-order chi connectivity index (χ0) is 20.7. The quantitative estimate of drug-likeness (QED) is 0.469. The molecule has 0 aromatic rings. The summed E-state index contributed by atoms with van der Waals surface area (Å²) in [6, 6.07) is -0.0207. The van der Waals surface area contributed by atoms with Crippen molar-refractivity contribution in [3.8, 4) is 0 Å². The molecule has 5 nitrogen and oxygen atoms in total. The second-order valence-electron chi connectivity index (χ2n) is 8.20. The Bertz CT molecular complexity index is 594. The fourth-order valence-electron chi connectivity index (χ4n) is 4.30. The molecule has 3 rings (SSSR count). The van der Waals surface area contributed by atoms with E-state index in [4.69, 9.17) is 4.84 Å². The van der Waals surface area contributed by atoms with Crippen molar-refractivity contribution in [1.29, 1.82) is 0 Å². The van der Waals surface area contributed by atoms with E-state index in [2.05, 4.69) is 22.9 Å². The molecule has 8 heteroatoms. The Morgan fingerprint density at radius 2 is 2.00 bits per heavy atom. The first kappa shape index (κ1) is 22.5. The van der Waals surface area contributed by atoms with Crippen LogP contribution in [0.5, 0.6) is 0 Å². The van der Waals surface area contributed by atoms with Crippen molar-refractivity contribution in [2.75, 3.05) is 19.7 Å². The molecule has 5 unspecified atom stereocenters. The van der Waals surface area contributed by atoms with Crippen molar-refractivity contribution in [2.24, 2.45) is 17.8 Å². The van der Waals surface area contributed by atoms with Crippen LogP contribution in [0.3, 0.4) is 0 Å². The van der Waals surface area contributed by atoms with Crippen LogP contribution in [0.4, 0.5) is 13.2 Å². The van der Waals surface area contributed by atoms with Gasteiger partial charge in [0, 0.05) is 24.4 Å². The number of hydrogen-bond acceptors (Lipinski definition) is 5. The molecular formula is C21H32F3N3O2. The first-order valence-corrected chi connectivity index (χ1v) is 10.6. The zero-order valence-corrected chi connectivity index (χ0v) is 16.7. The van der Waals surface area contributed by atoms with E-state index in [0.29, 0.717) is 13.0 Å². The van der Waals surface area contributed by atoms with E-state index in [1.54, 1.807) is 6.08 Å². The third-order valence-electron chi connectivity index (χ3n) is 6.03. The number of halogens is 3. The molecule has 0 amide bonds. The molecule has 29 heavy (non-hydrogen) atoms. The van der Waals surface area contributed by atoms with Gasteiger partial charge in [-0.1, -0.05) is 36.5 Å². The molecule has 0 saturated carbocycles. The summed E-state index contributed by atoms with van der Waals surface area (Å²) in [6.07, 6.45) is 11.1. The molecule has 3 N–H and O–H groups in total. The van der Waals surface area contributed by atoms with Crippen LogP contribution in [0.25, 0.3) is 0 Å². The highest BCUT2D eigenvalue weighted by Crippen LogP contribution is 2.37. The first-order chi connectivity index (χ1) is 14.0. The number of rotatable bonds is 5. The van der Waals surface area contributed by atoms with Gasteiger partial charge in [0.2, 0.25) is 0 Å². The van der Waals surface area contributed by atoms with Gasteiger partial charge >= 0.3 is 6.18 Å². The van der Waals surface area contributed by atoms with Crippen LogP contribution >= 0.6 is 0 Å². The Labute approximate surface area is 170 Å². The first-order valence-electron chi connectivity index (χ1n) is 10.6. The third-order valence-corrected chi connectivity index (χ3v) is 6.03. The fourth-order valence-corrected chi connectivity index (χ4v) is 4.30. The number of nitrogens with one attached hydrogen (secondary N) is 2. The van der Waals surface area contributed by atoms with Gasteiger partial charge in [-0.25, -0.2) is 5.48 Å². The number of nitrogens with zero attached hydrogens (tertiary/aromatic N) is 1. The second-order valence-corrected chi connectivity index (χ2v) is 8.20. The SMILES string of the molecule is ONC1CCCNC(C2C=CC=CC2)N(OCC2C=CCC(C(F)(F)F)C2)CC1. The summed E-state index contributed by atoms with van der Waals surface area (Å²) in [7, 11) is 0. The van der Waals surface area contributed by atoms with E-state index >= 15 is 0 Å². The van der Waals surface area contributed by atoms with Crippen LogP contribution < -0.4 is 10.8 Å². The highest BCUT2D eigenvalue weighted by atomic mass is 19.4. The minimum Gasteiger partial charge on any atom is -0.317 e. The number of allylic oxidation sites excluding steroid dienone is 4. The molecule has 1 heterocycles. The van der Waals surface area contributed by atoms with E-state index in [0.717, 1.165) is 25.8 Å². The lowest BCUT2D eigenvalue weighted by atomic mass is 9.87. The summed E-state index contributed by atoms with van der Waals surface area (Å²) in [5, 5.41) is 14.8. The lowest BCUT2D eigenvalue weighted by molar-refractivity contribution is -0.214. The molecule has 0 bridgehead atoms. The van der Waals surface area contributed by atoms with Crippen molar-refractivity contribution in [3.05, 3.63) is 36.5 Å². The lowest BCUT2D eigenvalue weighted by Crippen LogP contribution is -2.51. The summed E-state index contributed by atoms with van der Waals surface area (Å²) in [4.78, 5) is 6.12. The Hall–Kier alpha value is -1.19. The molecular weight excluding hydrogens is 383 g/mol. The van der Waals surface area contributed by atoms with Crippen LogP contribution in [-0.4, -0.2) is 48.4 Å². The van der Waals surface area contributed by atoms with E-state index in [1.807, 2.05) is 23.3 Å². The van der Waals surface area contributed by atoms with Crippen LogP contribution in [0, 0.1) is 17.8 Å². The summed E-state index contributed by atoms with van der Waals surface area (Å²) in [6.45, 7) is 1.60. The van der Waals surface area contributed by atoms with Gasteiger partial charge in [-0.05, 0) is 45.1 Å². The summed E-state index contributed by atoms with van der Waals surface area (Å²) in [5.41, 5.74) is 2.37. The third kappa shape index (κ3) is 6.65. The van der Waals surface area contributed by atoms with Crippen molar-refractivity contribution < 1.29 is 23.2 Å². The average Bonchev–Trinajstić information content (AvgIpc) is 2.82. The molecule has 0 aromatic carbocycles. The standard InChI is InChI=1S/C21H32F3N3O2/c22-21(23,24)18-9-4-6-16(14-18)15-29-27-13-11-19(26-28)10-5-12-25-20(27)17-7-2-1-3-8-17/h1-4,6-7,16-20,25-26,28H,5,8-15H2. The minimum absolute atomic E-state index is 0.0207. The van der Waals surface area contributed by atoms with E-state index in [9.17, 15) is 18.4 Å². The van der Waals surface area contributed by atoms with Crippen molar-refractivity contribution in [3.63, 3.8) is 0 Å². The molecule has 0 spiro atoms. The maximum absolute atomic E-state index is 13.1. The van der Waals surface area contributed by atoms with Crippen LogP contribution in [0.15, 0.2) is 36.5 Å². The maximum Gasteiger partial charge on any atom is 0.392 e. The topological polar surface area (TPSA) is 56.8 Å². The molecule has 2 aliphatic carbocycles. The van der Waals surface area contributed by atoms with E-state index in [-0.39, 0.29) is 43.5 Å². The monoisotopic (exact) mass is 415 g/mol. The normalized spacial score (nSPS) is 34.6. The molecule has 3 aliphatic rings. The highest BCUT2D eigenvalue weighted by Gasteiger charge is 2.41. The molecule has 1 saturated heterocycles. The van der Waals surface area contributed by atoms with E-state index in [1.165, 1.54) is 0 Å². The summed E-state index contributed by atoms with van der Waals surface area (Å²) < 4.78 is 39.3. The Morgan fingerprint density at radius 1 is 1.14 bits per heavy atom. The van der Waals surface area contributed by atoms with E-state index < -0.39 is 12.1 Å². The molecule has 1 fully saturated rings. The summed E-state index contributed by atoms with van der Waals surface area (Å²) in [5.74, 6) is -1.32. The van der Waals surface area contributed by atoms with Gasteiger partial charge in [0.15, 0.2) is 0 Å². The number of hydroxylamine groups is 3. The van der Waals surface area contributed by atoms with Gasteiger partial charge in [-0.2, -0.15) is 18.2 Å². The Kier molecular flexibility index (Phi) is 8.32. The predicted molar refractivity (Wildman–Crippen MR) is 105 cm³/mol. The lowest BCUT2D eigenvalue weighted by Gasteiger charge is -2.37. The van der Waals surface area contributed by atoms with Crippen molar-refractivity contribution in [2.45, 2.75) is 56.9 Å². The predicted octanol–water partition coefficient (Wildman–Crippen LogP) is 3.94. The summed E-state index contributed by atoms with van der Waals surface area (Å²) >= 11 is 0. The fraction of sp³-hybridized carbons (Fsp3) is 0.714. The van der Waals surface area contributed by atoms with Crippen molar-refractivity contribution >= 4 is 0 Å². The molecule has 1 aliphatic heterocycles. The number of hydrogen-bond donors (Lipinski definition) is 3. The smallest absolute Gasteiger partial charge is 0.317 e. The maximum atomic E-state index is 13.1. The second kappa shape index (κ2) is 10.7. The van der Waals surface area contributed by atoms with Gasteiger partial charge in [-0.3, -0.25) is 10.2 Å². The van der Waals surface area contributed by atoms with Crippen LogP contribution in [0.2, 0.25) is 0 Å². The van der Waals surface area contributed by atoms with Gasteiger partial charge in [-0.15, -0.1) is 0 Å². The van der Waals surface area contributed by atoms with Gasteiger partial charge in [0.1, 0.15) is 0 Å². The van der Waals surface area contributed by atoms with Crippen LogP contribution in [-0.2, 0) is 4.84 Å².